The molecular formula is C12H15FN2O4. The quantitative estimate of drug-likeness (QED) is 0.745. The lowest BCUT2D eigenvalue weighted by Crippen LogP contribution is -2.44. The molecule has 1 aromatic rings. The Labute approximate surface area is 109 Å². The molecule has 0 bridgehead atoms. The number of hydrogen-bond acceptors (Lipinski definition) is 4. The normalized spacial score (nSPS) is 11.6. The van der Waals surface area contributed by atoms with Crippen LogP contribution in [0.25, 0.3) is 0 Å². The Morgan fingerprint density at radius 1 is 1.47 bits per heavy atom. The molecule has 1 rings (SSSR count). The van der Waals surface area contributed by atoms with E-state index in [4.69, 9.17) is 9.84 Å². The van der Waals surface area contributed by atoms with E-state index >= 15 is 0 Å². The van der Waals surface area contributed by atoms with Gasteiger partial charge in [0.05, 0.1) is 6.61 Å². The molecule has 104 valence electrons. The Bertz CT molecular complexity index is 479. The van der Waals surface area contributed by atoms with Crippen LogP contribution in [0.3, 0.4) is 0 Å². The van der Waals surface area contributed by atoms with Crippen LogP contribution in [0.1, 0.15) is 12.5 Å². The van der Waals surface area contributed by atoms with E-state index in [1.54, 1.807) is 0 Å². The van der Waals surface area contributed by atoms with Crippen LogP contribution in [0.4, 0.5) is 9.18 Å². The lowest BCUT2D eigenvalue weighted by atomic mass is 10.2. The number of ether oxygens (including phenoxy) is 1. The topological polar surface area (TPSA) is 87.7 Å². The molecule has 1 unspecified atom stereocenters. The van der Waals surface area contributed by atoms with Crippen molar-refractivity contribution in [2.75, 3.05) is 7.05 Å². The fourth-order valence-electron chi connectivity index (χ4n) is 1.26. The summed E-state index contributed by atoms with van der Waals surface area (Å²) in [7, 11) is 1.36. The van der Waals surface area contributed by atoms with E-state index in [0.717, 1.165) is 6.07 Å². The van der Waals surface area contributed by atoms with Crippen LogP contribution in [0.5, 0.6) is 5.75 Å². The van der Waals surface area contributed by atoms with Crippen molar-refractivity contribution < 1.29 is 23.8 Å². The lowest BCUT2D eigenvalue weighted by molar-refractivity contribution is -0.126. The Morgan fingerprint density at radius 3 is 2.68 bits per heavy atom. The first-order valence-electron chi connectivity index (χ1n) is 5.56. The number of carbonyl (C=O) groups is 2. The van der Waals surface area contributed by atoms with Gasteiger partial charge in [0.2, 0.25) is 0 Å². The molecule has 0 aliphatic rings. The number of aliphatic hydroxyl groups is 1. The van der Waals surface area contributed by atoms with Crippen molar-refractivity contribution in [1.82, 2.24) is 10.6 Å². The minimum atomic E-state index is -1.04. The second-order valence-corrected chi connectivity index (χ2v) is 3.75. The van der Waals surface area contributed by atoms with Gasteiger partial charge in [-0.3, -0.25) is 10.1 Å². The third kappa shape index (κ3) is 4.22. The van der Waals surface area contributed by atoms with Crippen molar-refractivity contribution in [3.63, 3.8) is 0 Å². The highest BCUT2D eigenvalue weighted by Gasteiger charge is 2.18. The largest absolute Gasteiger partial charge is 0.478 e. The van der Waals surface area contributed by atoms with Crippen LogP contribution in [0.15, 0.2) is 18.2 Å². The Balaban J connectivity index is 2.68. The highest BCUT2D eigenvalue weighted by atomic mass is 19.1. The number of imide groups is 1. The van der Waals surface area contributed by atoms with E-state index < -0.39 is 23.9 Å². The zero-order valence-corrected chi connectivity index (χ0v) is 10.6. The molecule has 3 N–H and O–H groups in total. The van der Waals surface area contributed by atoms with Crippen molar-refractivity contribution >= 4 is 11.9 Å². The molecule has 7 heteroatoms. The Morgan fingerprint density at radius 2 is 2.16 bits per heavy atom. The van der Waals surface area contributed by atoms with Gasteiger partial charge in [-0.1, -0.05) is 6.07 Å². The molecule has 6 nitrogen and oxygen atoms in total. The zero-order valence-electron chi connectivity index (χ0n) is 10.6. The van der Waals surface area contributed by atoms with Crippen LogP contribution in [-0.2, 0) is 11.4 Å². The van der Waals surface area contributed by atoms with Gasteiger partial charge in [-0.25, -0.2) is 9.18 Å². The van der Waals surface area contributed by atoms with Crippen molar-refractivity contribution in [3.05, 3.63) is 29.6 Å². The van der Waals surface area contributed by atoms with Crippen LogP contribution >= 0.6 is 0 Å². The molecule has 0 saturated heterocycles. The molecule has 3 amide bonds. The summed E-state index contributed by atoms with van der Waals surface area (Å²) in [4.78, 5) is 22.4. The van der Waals surface area contributed by atoms with Gasteiger partial charge in [-0.15, -0.1) is 0 Å². The van der Waals surface area contributed by atoms with Gasteiger partial charge in [0, 0.05) is 7.05 Å². The van der Waals surface area contributed by atoms with Gasteiger partial charge in [0.25, 0.3) is 5.91 Å². The van der Waals surface area contributed by atoms with Gasteiger partial charge in [-0.2, -0.15) is 0 Å². The van der Waals surface area contributed by atoms with Crippen molar-refractivity contribution in [1.29, 1.82) is 0 Å². The molecule has 0 fully saturated rings. The zero-order chi connectivity index (χ0) is 14.4. The third-order valence-electron chi connectivity index (χ3n) is 2.32. The number of nitrogens with one attached hydrogen (secondary N) is 2. The Kier molecular flexibility index (Phi) is 5.25. The van der Waals surface area contributed by atoms with Gasteiger partial charge >= 0.3 is 6.03 Å². The predicted octanol–water partition coefficient (Wildman–Crippen LogP) is 0.541. The number of carbonyl (C=O) groups excluding carboxylic acids is 2. The minimum Gasteiger partial charge on any atom is -0.478 e. The van der Waals surface area contributed by atoms with Gasteiger partial charge in [-0.05, 0) is 24.6 Å². The molecular weight excluding hydrogens is 255 g/mol. The average molecular weight is 270 g/mol. The monoisotopic (exact) mass is 270 g/mol. The molecule has 1 aromatic carbocycles. The smallest absolute Gasteiger partial charge is 0.321 e. The predicted molar refractivity (Wildman–Crippen MR) is 65.0 cm³/mol. The minimum absolute atomic E-state index is 0.128. The first-order chi connectivity index (χ1) is 8.97. The van der Waals surface area contributed by atoms with Gasteiger partial charge in [0.15, 0.2) is 17.7 Å². The van der Waals surface area contributed by atoms with Crippen molar-refractivity contribution in [2.45, 2.75) is 19.6 Å². The third-order valence-corrected chi connectivity index (χ3v) is 2.32. The maximum absolute atomic E-state index is 13.5. The molecule has 1 atom stereocenters. The first kappa shape index (κ1) is 14.9. The fraction of sp³-hybridized carbons (Fsp3) is 0.333. The molecule has 0 heterocycles. The van der Waals surface area contributed by atoms with E-state index in [1.807, 2.05) is 5.32 Å². The Hall–Kier alpha value is -2.15. The number of rotatable bonds is 4. The fourth-order valence-corrected chi connectivity index (χ4v) is 1.26. The number of aliphatic hydroxyl groups excluding tert-OH is 1. The summed E-state index contributed by atoms with van der Waals surface area (Å²) in [6.45, 7) is 1.10. The second kappa shape index (κ2) is 6.69. The molecule has 19 heavy (non-hydrogen) atoms. The highest BCUT2D eigenvalue weighted by molar-refractivity contribution is 5.96. The lowest BCUT2D eigenvalue weighted by Gasteiger charge is -2.14. The van der Waals surface area contributed by atoms with E-state index in [0.29, 0.717) is 5.56 Å². The molecule has 0 spiro atoms. The maximum atomic E-state index is 13.5. The number of amides is 3. The maximum Gasteiger partial charge on any atom is 0.321 e. The molecule has 0 aliphatic carbocycles. The van der Waals surface area contributed by atoms with E-state index in [9.17, 15) is 14.0 Å². The van der Waals surface area contributed by atoms with Crippen molar-refractivity contribution in [3.8, 4) is 5.75 Å². The summed E-state index contributed by atoms with van der Waals surface area (Å²) in [5.41, 5.74) is 0.396. The van der Waals surface area contributed by atoms with Crippen LogP contribution < -0.4 is 15.4 Å². The van der Waals surface area contributed by atoms with E-state index in [2.05, 4.69) is 5.32 Å². The molecule has 0 saturated carbocycles. The van der Waals surface area contributed by atoms with Crippen LogP contribution in [-0.4, -0.2) is 30.2 Å². The molecule has 0 aromatic heterocycles. The molecule has 0 radical (unpaired) electrons. The standard InChI is InChI=1S/C12H15FN2O4/c1-7(11(17)15-12(18)14-2)19-10-4-3-8(6-16)5-9(10)13/h3-5,7,16H,6H2,1-2H3,(H2,14,15,17,18). The number of hydrogen-bond donors (Lipinski definition) is 3. The van der Waals surface area contributed by atoms with Crippen LogP contribution in [0.2, 0.25) is 0 Å². The molecule has 0 aliphatic heterocycles. The van der Waals surface area contributed by atoms with E-state index in [-0.39, 0.29) is 12.4 Å². The second-order valence-electron chi connectivity index (χ2n) is 3.75. The summed E-state index contributed by atoms with van der Waals surface area (Å²) in [5.74, 6) is -1.51. The first-order valence-corrected chi connectivity index (χ1v) is 5.56. The van der Waals surface area contributed by atoms with Crippen molar-refractivity contribution in [2.24, 2.45) is 0 Å². The summed E-state index contributed by atoms with van der Waals surface area (Å²) < 4.78 is 18.6. The van der Waals surface area contributed by atoms with E-state index in [1.165, 1.54) is 26.1 Å². The number of urea groups is 1. The van der Waals surface area contributed by atoms with Gasteiger partial charge < -0.3 is 15.2 Å². The number of halogens is 1. The summed E-state index contributed by atoms with van der Waals surface area (Å²) >= 11 is 0. The highest BCUT2D eigenvalue weighted by Crippen LogP contribution is 2.19. The summed E-state index contributed by atoms with van der Waals surface area (Å²) in [5, 5.41) is 13.1. The summed E-state index contributed by atoms with van der Waals surface area (Å²) in [6.07, 6.45) is -1.04. The van der Waals surface area contributed by atoms with Crippen LogP contribution in [0, 0.1) is 5.82 Å². The SMILES string of the molecule is CNC(=O)NC(=O)C(C)Oc1ccc(CO)cc1F. The summed E-state index contributed by atoms with van der Waals surface area (Å²) in [6, 6.07) is 3.22. The van der Waals surface area contributed by atoms with Gasteiger partial charge in [0.1, 0.15) is 0 Å². The average Bonchev–Trinajstić information content (AvgIpc) is 2.40. The number of benzene rings is 1.